The largest absolute Gasteiger partial charge is 0.472 e. The minimum atomic E-state index is -0.236. The minimum absolute atomic E-state index is 0.00506. The van der Waals surface area contributed by atoms with Crippen LogP contribution in [0, 0.1) is 0 Å². The van der Waals surface area contributed by atoms with Crippen molar-refractivity contribution >= 4 is 35.2 Å². The number of rotatable bonds is 5. The minimum Gasteiger partial charge on any atom is -0.472 e. The van der Waals surface area contributed by atoms with Crippen LogP contribution in [-0.4, -0.2) is 41.1 Å². The first-order valence-electron chi connectivity index (χ1n) is 8.57. The first-order valence-corrected chi connectivity index (χ1v) is 9.83. The van der Waals surface area contributed by atoms with E-state index in [9.17, 15) is 9.59 Å². The van der Waals surface area contributed by atoms with Gasteiger partial charge in [0.2, 0.25) is 5.91 Å². The van der Waals surface area contributed by atoms with Crippen molar-refractivity contribution in [1.82, 2.24) is 10.2 Å². The highest BCUT2D eigenvalue weighted by atomic mass is 35.5. The number of benzene rings is 1. The zero-order valence-electron chi connectivity index (χ0n) is 14.5. The van der Waals surface area contributed by atoms with Crippen molar-refractivity contribution in [3.8, 4) is 0 Å². The van der Waals surface area contributed by atoms with Crippen LogP contribution in [0.4, 0.5) is 0 Å². The molecule has 0 saturated carbocycles. The number of carbonyl (C=O) groups is 2. The first-order chi connectivity index (χ1) is 12.5. The molecule has 1 saturated heterocycles. The zero-order chi connectivity index (χ0) is 18.5. The Morgan fingerprint density at radius 2 is 2.00 bits per heavy atom. The maximum absolute atomic E-state index is 12.5. The van der Waals surface area contributed by atoms with Gasteiger partial charge in [0.1, 0.15) is 6.26 Å². The zero-order valence-corrected chi connectivity index (χ0v) is 16.1. The summed E-state index contributed by atoms with van der Waals surface area (Å²) in [5.41, 5.74) is 0.567. The van der Waals surface area contributed by atoms with E-state index in [0.717, 1.165) is 17.7 Å². The Hall–Kier alpha value is -1.92. The second kappa shape index (κ2) is 8.64. The molecule has 1 aliphatic heterocycles. The molecule has 138 valence electrons. The number of nitrogens with one attached hydrogen (secondary N) is 1. The molecule has 5 nitrogen and oxygen atoms in total. The summed E-state index contributed by atoms with van der Waals surface area (Å²) in [6, 6.07) is 9.27. The van der Waals surface area contributed by atoms with Crippen LogP contribution in [0.25, 0.3) is 0 Å². The molecule has 1 aliphatic rings. The maximum Gasteiger partial charge on any atom is 0.257 e. The van der Waals surface area contributed by atoms with Crippen molar-refractivity contribution in [3.05, 3.63) is 53.4 Å². The fourth-order valence-corrected chi connectivity index (χ4v) is 4.06. The number of hydrogen-bond acceptors (Lipinski definition) is 4. The van der Waals surface area contributed by atoms with Crippen LogP contribution in [0.2, 0.25) is 5.02 Å². The van der Waals surface area contributed by atoms with Gasteiger partial charge >= 0.3 is 0 Å². The number of halogens is 1. The second-order valence-electron chi connectivity index (χ2n) is 6.28. The van der Waals surface area contributed by atoms with Gasteiger partial charge in [-0.2, -0.15) is 0 Å². The molecule has 1 N–H and O–H groups in total. The number of carbonyl (C=O) groups excluding carboxylic acids is 2. The molecule has 7 heteroatoms. The van der Waals surface area contributed by atoms with Crippen LogP contribution in [0.5, 0.6) is 0 Å². The first kappa shape index (κ1) is 18.9. The highest BCUT2D eigenvalue weighted by molar-refractivity contribution is 8.00. The van der Waals surface area contributed by atoms with Crippen molar-refractivity contribution in [2.45, 2.75) is 36.0 Å². The Labute approximate surface area is 162 Å². The Kier molecular flexibility index (Phi) is 6.27. The molecule has 0 radical (unpaired) electrons. The molecular formula is C19H21ClN2O3S. The molecule has 2 heterocycles. The van der Waals surface area contributed by atoms with Crippen molar-refractivity contribution in [3.63, 3.8) is 0 Å². The molecule has 26 heavy (non-hydrogen) atoms. The predicted octanol–water partition coefficient (Wildman–Crippen LogP) is 3.83. The standard InChI is InChI=1S/C19H21ClN2O3S/c1-13(26-17-5-3-2-4-16(17)20)18(23)21-15-6-9-22(10-7-15)19(24)14-8-11-25-12-14/h2-5,8,11-13,15H,6-7,9-10H2,1H3,(H,21,23)/t13-/m1/s1. The van der Waals surface area contributed by atoms with Gasteiger partial charge in [-0.25, -0.2) is 0 Å². The summed E-state index contributed by atoms with van der Waals surface area (Å²) in [4.78, 5) is 27.5. The predicted molar refractivity (Wildman–Crippen MR) is 103 cm³/mol. The Balaban J connectivity index is 1.47. The molecule has 1 atom stereocenters. The van der Waals surface area contributed by atoms with E-state index in [1.165, 1.54) is 24.3 Å². The van der Waals surface area contributed by atoms with Crippen LogP contribution < -0.4 is 5.32 Å². The Bertz CT molecular complexity index is 758. The van der Waals surface area contributed by atoms with Gasteiger partial charge in [0.05, 0.1) is 22.1 Å². The van der Waals surface area contributed by atoms with Crippen molar-refractivity contribution in [2.75, 3.05) is 13.1 Å². The van der Waals surface area contributed by atoms with E-state index in [4.69, 9.17) is 16.0 Å². The highest BCUT2D eigenvalue weighted by Gasteiger charge is 2.26. The van der Waals surface area contributed by atoms with E-state index >= 15 is 0 Å². The lowest BCUT2D eigenvalue weighted by molar-refractivity contribution is -0.121. The molecule has 0 spiro atoms. The summed E-state index contributed by atoms with van der Waals surface area (Å²) in [6.07, 6.45) is 4.46. The average molecular weight is 393 g/mol. The van der Waals surface area contributed by atoms with Gasteiger partial charge in [-0.1, -0.05) is 23.7 Å². The number of piperidine rings is 1. The summed E-state index contributed by atoms with van der Waals surface area (Å²) in [7, 11) is 0. The number of nitrogens with zero attached hydrogens (tertiary/aromatic N) is 1. The van der Waals surface area contributed by atoms with Gasteiger partial charge in [-0.05, 0) is 38.0 Å². The Morgan fingerprint density at radius 1 is 1.27 bits per heavy atom. The van der Waals surface area contributed by atoms with E-state index < -0.39 is 0 Å². The monoisotopic (exact) mass is 392 g/mol. The van der Waals surface area contributed by atoms with E-state index in [1.54, 1.807) is 11.0 Å². The molecule has 0 bridgehead atoms. The van der Waals surface area contributed by atoms with Crippen LogP contribution in [0.3, 0.4) is 0 Å². The molecule has 2 amide bonds. The van der Waals surface area contributed by atoms with E-state index in [-0.39, 0.29) is 23.1 Å². The van der Waals surface area contributed by atoms with Gasteiger partial charge in [0.25, 0.3) is 5.91 Å². The third-order valence-corrected chi connectivity index (χ3v) is 6.03. The Morgan fingerprint density at radius 3 is 2.65 bits per heavy atom. The number of hydrogen-bond donors (Lipinski definition) is 1. The van der Waals surface area contributed by atoms with Gasteiger partial charge in [0, 0.05) is 24.0 Å². The van der Waals surface area contributed by atoms with E-state index in [1.807, 2.05) is 31.2 Å². The quantitative estimate of drug-likeness (QED) is 0.785. The molecule has 2 aromatic rings. The molecule has 0 aliphatic carbocycles. The lowest BCUT2D eigenvalue weighted by Crippen LogP contribution is -2.48. The van der Waals surface area contributed by atoms with Crippen LogP contribution in [0.1, 0.15) is 30.1 Å². The van der Waals surface area contributed by atoms with Gasteiger partial charge in [0.15, 0.2) is 0 Å². The van der Waals surface area contributed by atoms with Gasteiger partial charge in [-0.3, -0.25) is 9.59 Å². The summed E-state index contributed by atoms with van der Waals surface area (Å²) in [5, 5.41) is 3.51. The van der Waals surface area contributed by atoms with Crippen LogP contribution >= 0.6 is 23.4 Å². The molecule has 1 fully saturated rings. The SMILES string of the molecule is C[C@@H](Sc1ccccc1Cl)C(=O)NC1CCN(C(=O)c2ccoc2)CC1. The smallest absolute Gasteiger partial charge is 0.257 e. The number of thioether (sulfide) groups is 1. The molecular weight excluding hydrogens is 372 g/mol. The molecule has 3 rings (SSSR count). The van der Waals surface area contributed by atoms with Crippen molar-refractivity contribution in [1.29, 1.82) is 0 Å². The molecule has 0 unspecified atom stereocenters. The number of furan rings is 1. The third-order valence-electron chi connectivity index (χ3n) is 4.41. The number of likely N-dealkylation sites (tertiary alicyclic amines) is 1. The fourth-order valence-electron chi connectivity index (χ4n) is 2.90. The fraction of sp³-hybridized carbons (Fsp3) is 0.368. The van der Waals surface area contributed by atoms with Crippen LogP contribution in [-0.2, 0) is 4.79 Å². The third kappa shape index (κ3) is 4.62. The van der Waals surface area contributed by atoms with Crippen molar-refractivity contribution in [2.24, 2.45) is 0 Å². The lowest BCUT2D eigenvalue weighted by Gasteiger charge is -2.32. The summed E-state index contributed by atoms with van der Waals surface area (Å²) >= 11 is 7.61. The van der Waals surface area contributed by atoms with Crippen LogP contribution in [0.15, 0.2) is 52.2 Å². The van der Waals surface area contributed by atoms with E-state index in [0.29, 0.717) is 23.7 Å². The highest BCUT2D eigenvalue weighted by Crippen LogP contribution is 2.30. The molecule has 1 aromatic heterocycles. The topological polar surface area (TPSA) is 62.6 Å². The summed E-state index contributed by atoms with van der Waals surface area (Å²) in [5.74, 6) is -0.0271. The average Bonchev–Trinajstić information content (AvgIpc) is 3.18. The van der Waals surface area contributed by atoms with E-state index in [2.05, 4.69) is 5.32 Å². The van der Waals surface area contributed by atoms with Gasteiger partial charge < -0.3 is 14.6 Å². The summed E-state index contributed by atoms with van der Waals surface area (Å²) in [6.45, 7) is 3.13. The number of amides is 2. The van der Waals surface area contributed by atoms with Gasteiger partial charge in [-0.15, -0.1) is 11.8 Å². The van der Waals surface area contributed by atoms with Crippen molar-refractivity contribution < 1.29 is 14.0 Å². The second-order valence-corrected chi connectivity index (χ2v) is 8.07. The molecule has 1 aromatic carbocycles. The normalized spacial score (nSPS) is 16.3. The lowest BCUT2D eigenvalue weighted by atomic mass is 10.0. The summed E-state index contributed by atoms with van der Waals surface area (Å²) < 4.78 is 4.97. The maximum atomic E-state index is 12.5.